The number of hydrogen-bond donors (Lipinski definition) is 2. The van der Waals surface area contributed by atoms with Crippen molar-refractivity contribution in [3.05, 3.63) is 65.9 Å². The number of benzene rings is 2. The number of aliphatic carboxylic acids is 1. The highest BCUT2D eigenvalue weighted by atomic mass is 16.4. The lowest BCUT2D eigenvalue weighted by Crippen LogP contribution is -2.30. The summed E-state index contributed by atoms with van der Waals surface area (Å²) in [6.45, 7) is 0. The predicted molar refractivity (Wildman–Crippen MR) is 89.6 cm³/mol. The molecule has 0 fully saturated rings. The summed E-state index contributed by atoms with van der Waals surface area (Å²) in [5.74, 6) is -1.36. The molecular formula is C18H17N3O3. The minimum atomic E-state index is -0.977. The third kappa shape index (κ3) is 3.12. The fourth-order valence-electron chi connectivity index (χ4n) is 2.72. The van der Waals surface area contributed by atoms with Crippen LogP contribution in [-0.4, -0.2) is 26.8 Å². The molecule has 1 aromatic heterocycles. The van der Waals surface area contributed by atoms with Crippen molar-refractivity contribution in [2.75, 3.05) is 0 Å². The Kier molecular flexibility index (Phi) is 4.29. The van der Waals surface area contributed by atoms with Gasteiger partial charge in [0.1, 0.15) is 0 Å². The zero-order valence-corrected chi connectivity index (χ0v) is 13.1. The van der Waals surface area contributed by atoms with Gasteiger partial charge in [-0.15, -0.1) is 0 Å². The van der Waals surface area contributed by atoms with E-state index in [1.54, 1.807) is 23.9 Å². The smallest absolute Gasteiger partial charge is 0.305 e. The third-order valence-electron chi connectivity index (χ3n) is 3.86. The lowest BCUT2D eigenvalue weighted by molar-refractivity contribution is -0.137. The molecule has 3 rings (SSSR count). The normalized spacial score (nSPS) is 12.0. The first-order chi connectivity index (χ1) is 11.6. The molecular weight excluding hydrogens is 306 g/mol. The number of nitrogens with zero attached hydrogens (tertiary/aromatic N) is 2. The Hall–Kier alpha value is -3.15. The van der Waals surface area contributed by atoms with Crippen LogP contribution in [0.4, 0.5) is 0 Å². The summed E-state index contributed by atoms with van der Waals surface area (Å²) in [5, 5.41) is 16.9. The van der Waals surface area contributed by atoms with Crippen LogP contribution >= 0.6 is 0 Å². The van der Waals surface area contributed by atoms with Gasteiger partial charge in [-0.05, 0) is 11.6 Å². The monoisotopic (exact) mass is 323 g/mol. The lowest BCUT2D eigenvalue weighted by atomic mass is 10.0. The van der Waals surface area contributed by atoms with E-state index in [0.29, 0.717) is 5.69 Å². The number of carboxylic acid groups (broad SMARTS) is 1. The molecule has 24 heavy (non-hydrogen) atoms. The van der Waals surface area contributed by atoms with E-state index in [-0.39, 0.29) is 12.3 Å². The number of carboxylic acids is 1. The average Bonchev–Trinajstić information content (AvgIpc) is 2.92. The van der Waals surface area contributed by atoms with Crippen LogP contribution < -0.4 is 5.32 Å². The van der Waals surface area contributed by atoms with Gasteiger partial charge in [0.05, 0.1) is 18.0 Å². The largest absolute Gasteiger partial charge is 0.481 e. The summed E-state index contributed by atoms with van der Waals surface area (Å²) in [6.07, 6.45) is -0.194. The van der Waals surface area contributed by atoms with Crippen molar-refractivity contribution in [3.63, 3.8) is 0 Å². The summed E-state index contributed by atoms with van der Waals surface area (Å²) in [5.41, 5.74) is 1.88. The van der Waals surface area contributed by atoms with Gasteiger partial charge < -0.3 is 10.4 Å². The molecule has 0 aliphatic heterocycles. The predicted octanol–water partition coefficient (Wildman–Crippen LogP) is 2.52. The fourth-order valence-corrected chi connectivity index (χ4v) is 2.72. The molecule has 122 valence electrons. The van der Waals surface area contributed by atoms with Crippen molar-refractivity contribution < 1.29 is 14.7 Å². The molecule has 0 bridgehead atoms. The molecule has 6 heteroatoms. The number of hydrogen-bond acceptors (Lipinski definition) is 3. The number of rotatable bonds is 5. The molecule has 2 aromatic carbocycles. The summed E-state index contributed by atoms with van der Waals surface area (Å²) in [4.78, 5) is 23.8. The van der Waals surface area contributed by atoms with Crippen LogP contribution in [0.1, 0.15) is 28.5 Å². The number of para-hydroxylation sites is 1. The summed E-state index contributed by atoms with van der Waals surface area (Å²) in [7, 11) is 1.77. The van der Waals surface area contributed by atoms with Gasteiger partial charge in [-0.2, -0.15) is 5.10 Å². The Labute approximate surface area is 138 Å². The Morgan fingerprint density at radius 3 is 2.50 bits per heavy atom. The van der Waals surface area contributed by atoms with Gasteiger partial charge >= 0.3 is 5.97 Å². The number of aromatic nitrogens is 2. The van der Waals surface area contributed by atoms with Crippen molar-refractivity contribution in [2.24, 2.45) is 7.05 Å². The van der Waals surface area contributed by atoms with E-state index in [4.69, 9.17) is 5.11 Å². The van der Waals surface area contributed by atoms with E-state index in [2.05, 4.69) is 10.4 Å². The number of carbonyl (C=O) groups is 2. The quantitative estimate of drug-likeness (QED) is 0.755. The second-order valence-electron chi connectivity index (χ2n) is 5.52. The standard InChI is InChI=1S/C18H17N3O3/c1-21-15-10-6-5-9-13(15)17(20-21)18(24)19-14(11-16(22)23)12-7-3-2-4-8-12/h2-10,14H,11H2,1H3,(H,19,24)(H,22,23)/t14-/m1/s1. The highest BCUT2D eigenvalue weighted by Gasteiger charge is 2.22. The second-order valence-corrected chi connectivity index (χ2v) is 5.52. The van der Waals surface area contributed by atoms with Crippen LogP contribution in [-0.2, 0) is 11.8 Å². The summed E-state index contributed by atoms with van der Waals surface area (Å²) in [6, 6.07) is 15.9. The number of nitrogens with one attached hydrogen (secondary N) is 1. The van der Waals surface area contributed by atoms with E-state index in [1.807, 2.05) is 42.5 Å². The molecule has 6 nitrogen and oxygen atoms in total. The van der Waals surface area contributed by atoms with Crippen molar-refractivity contribution >= 4 is 22.8 Å². The van der Waals surface area contributed by atoms with E-state index in [0.717, 1.165) is 16.5 Å². The maximum Gasteiger partial charge on any atom is 0.305 e. The Morgan fingerprint density at radius 1 is 1.12 bits per heavy atom. The Morgan fingerprint density at radius 2 is 1.79 bits per heavy atom. The van der Waals surface area contributed by atoms with Gasteiger partial charge in [0.15, 0.2) is 5.69 Å². The first kappa shape index (κ1) is 15.7. The molecule has 0 radical (unpaired) electrons. The molecule has 1 atom stereocenters. The highest BCUT2D eigenvalue weighted by Crippen LogP contribution is 2.21. The van der Waals surface area contributed by atoms with Gasteiger partial charge in [-0.3, -0.25) is 14.3 Å². The van der Waals surface area contributed by atoms with E-state index in [9.17, 15) is 9.59 Å². The molecule has 0 spiro atoms. The Bertz CT molecular complexity index is 887. The molecule has 0 unspecified atom stereocenters. The van der Waals surface area contributed by atoms with Gasteiger partial charge in [0.25, 0.3) is 5.91 Å². The van der Waals surface area contributed by atoms with Crippen LogP contribution in [0.3, 0.4) is 0 Å². The molecule has 1 amide bonds. The summed E-state index contributed by atoms with van der Waals surface area (Å²) >= 11 is 0. The SMILES string of the molecule is Cn1nc(C(=O)N[C@H](CC(=O)O)c2ccccc2)c2ccccc21. The van der Waals surface area contributed by atoms with E-state index < -0.39 is 12.0 Å². The van der Waals surface area contributed by atoms with Crippen molar-refractivity contribution in [1.29, 1.82) is 0 Å². The van der Waals surface area contributed by atoms with Crippen LogP contribution in [0, 0.1) is 0 Å². The van der Waals surface area contributed by atoms with E-state index >= 15 is 0 Å². The van der Waals surface area contributed by atoms with Gasteiger partial charge in [-0.1, -0.05) is 48.5 Å². The number of amides is 1. The minimum Gasteiger partial charge on any atom is -0.481 e. The topological polar surface area (TPSA) is 84.2 Å². The highest BCUT2D eigenvalue weighted by molar-refractivity contribution is 6.05. The van der Waals surface area contributed by atoms with Gasteiger partial charge in [-0.25, -0.2) is 0 Å². The minimum absolute atomic E-state index is 0.194. The maximum atomic E-state index is 12.7. The molecule has 0 aliphatic carbocycles. The molecule has 0 saturated carbocycles. The van der Waals surface area contributed by atoms with Crippen LogP contribution in [0.2, 0.25) is 0 Å². The van der Waals surface area contributed by atoms with Crippen molar-refractivity contribution in [3.8, 4) is 0 Å². The Balaban J connectivity index is 1.91. The number of fused-ring (bicyclic) bond motifs is 1. The lowest BCUT2D eigenvalue weighted by Gasteiger charge is -2.16. The molecule has 3 aromatic rings. The van der Waals surface area contributed by atoms with Crippen LogP contribution in [0.25, 0.3) is 10.9 Å². The van der Waals surface area contributed by atoms with Crippen molar-refractivity contribution in [1.82, 2.24) is 15.1 Å². The first-order valence-corrected chi connectivity index (χ1v) is 7.55. The van der Waals surface area contributed by atoms with E-state index in [1.165, 1.54) is 0 Å². The van der Waals surface area contributed by atoms with Crippen LogP contribution in [0.5, 0.6) is 0 Å². The van der Waals surface area contributed by atoms with Gasteiger partial charge in [0, 0.05) is 12.4 Å². The fraction of sp³-hybridized carbons (Fsp3) is 0.167. The first-order valence-electron chi connectivity index (χ1n) is 7.55. The third-order valence-corrected chi connectivity index (χ3v) is 3.86. The number of aryl methyl sites for hydroxylation is 1. The molecule has 2 N–H and O–H groups in total. The zero-order chi connectivity index (χ0) is 17.1. The summed E-state index contributed by atoms with van der Waals surface area (Å²) < 4.78 is 1.64. The molecule has 0 aliphatic rings. The van der Waals surface area contributed by atoms with Gasteiger partial charge in [0.2, 0.25) is 0 Å². The average molecular weight is 323 g/mol. The van der Waals surface area contributed by atoms with Crippen LogP contribution in [0.15, 0.2) is 54.6 Å². The molecule has 0 saturated heterocycles. The zero-order valence-electron chi connectivity index (χ0n) is 13.1. The second kappa shape index (κ2) is 6.54. The molecule has 1 heterocycles. The number of carbonyl (C=O) groups excluding carboxylic acids is 1. The maximum absolute atomic E-state index is 12.7. The van der Waals surface area contributed by atoms with Crippen molar-refractivity contribution in [2.45, 2.75) is 12.5 Å².